The lowest BCUT2D eigenvalue weighted by Gasteiger charge is -2.31. The number of morpholine rings is 1. The lowest BCUT2D eigenvalue weighted by molar-refractivity contribution is 0.122. The summed E-state index contributed by atoms with van der Waals surface area (Å²) in [6.07, 6.45) is 3.92. The first-order valence-electron chi connectivity index (χ1n) is 12.5. The second kappa shape index (κ2) is 10.2. The number of anilines is 2. The highest BCUT2D eigenvalue weighted by atomic mass is 32.1. The van der Waals surface area contributed by atoms with Crippen LogP contribution >= 0.6 is 12.2 Å². The van der Waals surface area contributed by atoms with Crippen LogP contribution in [0.5, 0.6) is 5.75 Å². The Bertz CT molecular complexity index is 1370. The molecule has 7 nitrogen and oxygen atoms in total. The normalized spacial score (nSPS) is 19.6. The molecule has 0 bridgehead atoms. The van der Waals surface area contributed by atoms with Gasteiger partial charge in [0.05, 0.1) is 32.1 Å². The lowest BCUT2D eigenvalue weighted by Crippen LogP contribution is -2.36. The van der Waals surface area contributed by atoms with Crippen molar-refractivity contribution >= 4 is 28.7 Å². The molecule has 2 unspecified atom stereocenters. The minimum Gasteiger partial charge on any atom is -0.497 e. The van der Waals surface area contributed by atoms with Crippen LogP contribution in [0.3, 0.4) is 0 Å². The topological polar surface area (TPSA) is 54.8 Å². The molecule has 2 aromatic carbocycles. The molecule has 8 heteroatoms. The van der Waals surface area contributed by atoms with Crippen LogP contribution in [0.4, 0.5) is 11.4 Å². The van der Waals surface area contributed by atoms with Gasteiger partial charge in [-0.3, -0.25) is 4.98 Å². The molecule has 6 rings (SSSR count). The van der Waals surface area contributed by atoms with Gasteiger partial charge in [0.1, 0.15) is 11.8 Å². The van der Waals surface area contributed by atoms with Gasteiger partial charge < -0.3 is 29.2 Å². The van der Waals surface area contributed by atoms with Crippen molar-refractivity contribution in [2.24, 2.45) is 0 Å². The van der Waals surface area contributed by atoms with Gasteiger partial charge in [-0.2, -0.15) is 0 Å². The number of nitrogens with one attached hydrogen (secondary N) is 1. The monoisotopic (exact) mass is 511 g/mol. The SMILES string of the molecule is COc1cccc(-n2cccc2C2C(c3ccccn3)NC(=S)N2c2ccc(N3CCOCC3)cc2)c1. The Hall–Kier alpha value is -3.88. The summed E-state index contributed by atoms with van der Waals surface area (Å²) in [5.74, 6) is 0.814. The Labute approximate surface area is 222 Å². The average Bonchev–Trinajstić information content (AvgIpc) is 3.58. The molecule has 37 heavy (non-hydrogen) atoms. The predicted octanol–water partition coefficient (Wildman–Crippen LogP) is 4.89. The van der Waals surface area contributed by atoms with Crippen molar-refractivity contribution in [3.63, 3.8) is 0 Å². The van der Waals surface area contributed by atoms with E-state index in [0.29, 0.717) is 5.11 Å². The van der Waals surface area contributed by atoms with Gasteiger partial charge in [0.25, 0.3) is 0 Å². The molecular formula is C29H29N5O2S. The highest BCUT2D eigenvalue weighted by Gasteiger charge is 2.42. The van der Waals surface area contributed by atoms with E-state index in [0.717, 1.165) is 54.8 Å². The van der Waals surface area contributed by atoms with Crippen molar-refractivity contribution in [2.75, 3.05) is 43.2 Å². The number of hydrogen-bond acceptors (Lipinski definition) is 5. The summed E-state index contributed by atoms with van der Waals surface area (Å²) in [5.41, 5.74) is 5.31. The number of rotatable bonds is 6. The number of hydrogen-bond donors (Lipinski definition) is 1. The number of methoxy groups -OCH3 is 1. The molecule has 2 aliphatic rings. The first-order valence-corrected chi connectivity index (χ1v) is 12.9. The third-order valence-corrected chi connectivity index (χ3v) is 7.33. The zero-order chi connectivity index (χ0) is 25.2. The van der Waals surface area contributed by atoms with Crippen LogP contribution in [-0.2, 0) is 4.74 Å². The Morgan fingerprint density at radius 2 is 1.73 bits per heavy atom. The third kappa shape index (κ3) is 4.54. The summed E-state index contributed by atoms with van der Waals surface area (Å²) in [4.78, 5) is 9.26. The van der Waals surface area contributed by atoms with Crippen molar-refractivity contribution in [1.29, 1.82) is 0 Å². The molecule has 2 fully saturated rings. The Kier molecular flexibility index (Phi) is 6.51. The molecule has 0 spiro atoms. The van der Waals surface area contributed by atoms with E-state index in [2.05, 4.69) is 74.4 Å². The second-order valence-corrected chi connectivity index (χ2v) is 9.50. The average molecular weight is 512 g/mol. The van der Waals surface area contributed by atoms with E-state index in [1.807, 2.05) is 36.5 Å². The highest BCUT2D eigenvalue weighted by Crippen LogP contribution is 2.42. The van der Waals surface area contributed by atoms with E-state index in [9.17, 15) is 0 Å². The number of benzene rings is 2. The molecule has 2 aliphatic heterocycles. The molecule has 188 valence electrons. The molecule has 0 radical (unpaired) electrons. The van der Waals surface area contributed by atoms with E-state index < -0.39 is 0 Å². The number of thiocarbonyl (C=S) groups is 1. The van der Waals surface area contributed by atoms with Crippen molar-refractivity contribution in [1.82, 2.24) is 14.9 Å². The maximum Gasteiger partial charge on any atom is 0.174 e. The van der Waals surface area contributed by atoms with E-state index in [1.54, 1.807) is 7.11 Å². The predicted molar refractivity (Wildman–Crippen MR) is 150 cm³/mol. The van der Waals surface area contributed by atoms with Gasteiger partial charge >= 0.3 is 0 Å². The van der Waals surface area contributed by atoms with Crippen LogP contribution in [0, 0.1) is 0 Å². The van der Waals surface area contributed by atoms with Crippen LogP contribution in [0.15, 0.2) is 91.3 Å². The summed E-state index contributed by atoms with van der Waals surface area (Å²) in [6, 6.07) is 26.8. The summed E-state index contributed by atoms with van der Waals surface area (Å²) in [7, 11) is 1.69. The maximum absolute atomic E-state index is 5.94. The first-order chi connectivity index (χ1) is 18.2. The highest BCUT2D eigenvalue weighted by molar-refractivity contribution is 7.80. The van der Waals surface area contributed by atoms with E-state index in [4.69, 9.17) is 26.7 Å². The minimum atomic E-state index is -0.119. The molecule has 2 saturated heterocycles. The third-order valence-electron chi connectivity index (χ3n) is 7.02. The zero-order valence-corrected chi connectivity index (χ0v) is 21.5. The fraction of sp³-hybridized carbons (Fsp3) is 0.241. The first kappa shape index (κ1) is 23.5. The lowest BCUT2D eigenvalue weighted by atomic mass is 10.0. The second-order valence-electron chi connectivity index (χ2n) is 9.12. The fourth-order valence-corrected chi connectivity index (χ4v) is 5.56. The Balaban J connectivity index is 1.42. The van der Waals surface area contributed by atoms with E-state index in [1.165, 1.54) is 5.69 Å². The number of ether oxygens (including phenoxy) is 2. The standard InChI is InChI=1S/C29H29N5O2S/c1-35-24-7-4-6-23(20-24)33-15-5-9-26(33)28-27(25-8-2-3-14-30-25)31-29(37)34(28)22-12-10-21(11-13-22)32-16-18-36-19-17-32/h2-15,20,27-28H,16-19H2,1H3,(H,31,37). The summed E-state index contributed by atoms with van der Waals surface area (Å²) < 4.78 is 13.2. The van der Waals surface area contributed by atoms with Gasteiger partial charge in [0, 0.05) is 54.3 Å². The zero-order valence-electron chi connectivity index (χ0n) is 20.7. The molecule has 0 saturated carbocycles. The van der Waals surface area contributed by atoms with Gasteiger partial charge in [-0.05, 0) is 72.9 Å². The van der Waals surface area contributed by atoms with E-state index in [-0.39, 0.29) is 12.1 Å². The Morgan fingerprint density at radius 1 is 0.919 bits per heavy atom. The van der Waals surface area contributed by atoms with E-state index >= 15 is 0 Å². The van der Waals surface area contributed by atoms with Crippen molar-refractivity contribution in [2.45, 2.75) is 12.1 Å². The molecule has 0 aliphatic carbocycles. The molecule has 2 aromatic heterocycles. The van der Waals surface area contributed by atoms with Crippen LogP contribution in [0.1, 0.15) is 23.5 Å². The fourth-order valence-electron chi connectivity index (χ4n) is 5.21. The largest absolute Gasteiger partial charge is 0.497 e. The van der Waals surface area contributed by atoms with Crippen molar-refractivity contribution in [3.8, 4) is 11.4 Å². The quantitative estimate of drug-likeness (QED) is 0.370. The molecule has 1 N–H and O–H groups in total. The molecule has 0 amide bonds. The summed E-state index contributed by atoms with van der Waals surface area (Å²) >= 11 is 5.94. The van der Waals surface area contributed by atoms with Gasteiger partial charge in [0.2, 0.25) is 0 Å². The number of nitrogens with zero attached hydrogens (tertiary/aromatic N) is 4. The summed E-state index contributed by atoms with van der Waals surface area (Å²) in [5, 5.41) is 4.25. The van der Waals surface area contributed by atoms with Gasteiger partial charge in [0.15, 0.2) is 5.11 Å². The smallest absolute Gasteiger partial charge is 0.174 e. The molecular weight excluding hydrogens is 482 g/mol. The molecule has 2 atom stereocenters. The van der Waals surface area contributed by atoms with Crippen LogP contribution < -0.4 is 19.9 Å². The maximum atomic E-state index is 5.94. The van der Waals surface area contributed by atoms with Crippen LogP contribution in [0.25, 0.3) is 5.69 Å². The van der Waals surface area contributed by atoms with Crippen LogP contribution in [-0.4, -0.2) is 48.1 Å². The molecule has 4 heterocycles. The molecule has 4 aromatic rings. The van der Waals surface area contributed by atoms with Crippen molar-refractivity contribution in [3.05, 3.63) is 103 Å². The van der Waals surface area contributed by atoms with Gasteiger partial charge in [-0.15, -0.1) is 0 Å². The number of aromatic nitrogens is 2. The Morgan fingerprint density at radius 3 is 2.49 bits per heavy atom. The van der Waals surface area contributed by atoms with Gasteiger partial charge in [-0.1, -0.05) is 12.1 Å². The van der Waals surface area contributed by atoms with Crippen LogP contribution in [0.2, 0.25) is 0 Å². The summed E-state index contributed by atoms with van der Waals surface area (Å²) in [6.45, 7) is 3.33. The number of pyridine rings is 1. The van der Waals surface area contributed by atoms with Gasteiger partial charge in [-0.25, -0.2) is 0 Å². The van der Waals surface area contributed by atoms with Crippen molar-refractivity contribution < 1.29 is 9.47 Å². The minimum absolute atomic E-state index is 0.113.